The Labute approximate surface area is 172 Å². The lowest BCUT2D eigenvalue weighted by atomic mass is 10.1. The molecule has 8 nitrogen and oxygen atoms in total. The van der Waals surface area contributed by atoms with Gasteiger partial charge < -0.3 is 20.1 Å². The Bertz CT molecular complexity index is 833. The van der Waals surface area contributed by atoms with Crippen LogP contribution in [0.3, 0.4) is 0 Å². The number of hydrogen-bond donors (Lipinski definition) is 2. The van der Waals surface area contributed by atoms with Crippen molar-refractivity contribution in [3.8, 4) is 11.5 Å². The first kappa shape index (κ1) is 21.0. The molecule has 1 aliphatic heterocycles. The molecule has 158 valence electrons. The number of nitrogens with one attached hydrogen (secondary N) is 2. The van der Waals surface area contributed by atoms with Crippen molar-refractivity contribution in [3.63, 3.8) is 0 Å². The van der Waals surface area contributed by atoms with Gasteiger partial charge in [0.15, 0.2) is 17.5 Å². The Balaban J connectivity index is 1.49. The van der Waals surface area contributed by atoms with E-state index >= 15 is 0 Å². The number of hydrogen-bond acceptors (Lipinski definition) is 5. The Hall–Kier alpha value is -2.77. The number of methoxy groups -OCH3 is 1. The van der Waals surface area contributed by atoms with Crippen molar-refractivity contribution in [2.24, 2.45) is 4.99 Å². The maximum Gasteiger partial charge on any atom is 0.191 e. The van der Waals surface area contributed by atoms with Gasteiger partial charge in [-0.2, -0.15) is 5.10 Å². The topological polar surface area (TPSA) is 85.6 Å². The molecule has 8 heteroatoms. The van der Waals surface area contributed by atoms with Crippen molar-refractivity contribution in [1.29, 1.82) is 0 Å². The minimum atomic E-state index is 0.145. The second kappa shape index (κ2) is 10.1. The molecule has 1 aromatic carbocycles. The van der Waals surface area contributed by atoms with Gasteiger partial charge in [-0.25, -0.2) is 9.67 Å². The molecule has 0 bridgehead atoms. The maximum absolute atomic E-state index is 5.66. The van der Waals surface area contributed by atoms with E-state index in [0.29, 0.717) is 6.61 Å². The van der Waals surface area contributed by atoms with Gasteiger partial charge in [-0.05, 0) is 57.2 Å². The minimum Gasteiger partial charge on any atom is -0.493 e. The third-order valence-electron chi connectivity index (χ3n) is 4.98. The number of aliphatic imine (C=N–C) groups is 1. The van der Waals surface area contributed by atoms with Crippen molar-refractivity contribution in [2.75, 3.05) is 27.3 Å². The van der Waals surface area contributed by atoms with Gasteiger partial charge in [-0.15, -0.1) is 0 Å². The van der Waals surface area contributed by atoms with Crippen LogP contribution in [0.1, 0.15) is 49.4 Å². The number of benzene rings is 1. The number of guanidine groups is 1. The summed E-state index contributed by atoms with van der Waals surface area (Å²) in [5.74, 6) is 4.19. The van der Waals surface area contributed by atoms with Crippen LogP contribution in [-0.4, -0.2) is 48.0 Å². The number of aryl methyl sites for hydroxylation is 3. The lowest BCUT2D eigenvalue weighted by molar-refractivity contribution is 0.310. The Morgan fingerprint density at radius 3 is 2.97 bits per heavy atom. The highest BCUT2D eigenvalue weighted by Crippen LogP contribution is 2.28. The summed E-state index contributed by atoms with van der Waals surface area (Å²) in [4.78, 5) is 8.95. The van der Waals surface area contributed by atoms with E-state index in [9.17, 15) is 0 Å². The van der Waals surface area contributed by atoms with Gasteiger partial charge in [-0.3, -0.25) is 4.99 Å². The molecular weight excluding hydrogens is 368 g/mol. The first-order valence-electron chi connectivity index (χ1n) is 10.3. The standard InChI is InChI=1S/C21H32N6O2/c1-5-29-19-14-16(10-11-18(19)28-4)8-6-12-23-21(22-3)25-17-9-7-13-27-20(17)24-15(2)26-27/h10-11,14,17H,5-9,12-13H2,1-4H3,(H2,22,23,25). The Morgan fingerprint density at radius 2 is 2.21 bits per heavy atom. The predicted molar refractivity (Wildman–Crippen MR) is 114 cm³/mol. The molecule has 0 aliphatic carbocycles. The molecule has 1 atom stereocenters. The summed E-state index contributed by atoms with van der Waals surface area (Å²) < 4.78 is 13.0. The van der Waals surface area contributed by atoms with Crippen LogP contribution in [0.2, 0.25) is 0 Å². The van der Waals surface area contributed by atoms with Crippen molar-refractivity contribution in [2.45, 2.75) is 52.1 Å². The van der Waals surface area contributed by atoms with E-state index in [-0.39, 0.29) is 6.04 Å². The molecule has 2 heterocycles. The highest BCUT2D eigenvalue weighted by molar-refractivity contribution is 5.80. The summed E-state index contributed by atoms with van der Waals surface area (Å²) >= 11 is 0. The largest absolute Gasteiger partial charge is 0.493 e. The van der Waals surface area contributed by atoms with Gasteiger partial charge in [0.05, 0.1) is 19.8 Å². The molecule has 1 aliphatic rings. The third kappa shape index (κ3) is 5.40. The summed E-state index contributed by atoms with van der Waals surface area (Å²) in [6, 6.07) is 6.26. The molecular formula is C21H32N6O2. The SMILES string of the molecule is CCOc1cc(CCCNC(=NC)NC2CCCn3nc(C)nc32)ccc1OC. The summed E-state index contributed by atoms with van der Waals surface area (Å²) in [6.45, 7) is 6.30. The Kier molecular flexibility index (Phi) is 7.32. The van der Waals surface area contributed by atoms with E-state index in [1.165, 1.54) is 5.56 Å². The van der Waals surface area contributed by atoms with Crippen LogP contribution in [0.25, 0.3) is 0 Å². The van der Waals surface area contributed by atoms with Gasteiger partial charge in [0.2, 0.25) is 0 Å². The van der Waals surface area contributed by atoms with E-state index in [0.717, 1.165) is 67.9 Å². The molecule has 2 aromatic rings. The molecule has 0 radical (unpaired) electrons. The highest BCUT2D eigenvalue weighted by atomic mass is 16.5. The summed E-state index contributed by atoms with van der Waals surface area (Å²) in [7, 11) is 3.46. The highest BCUT2D eigenvalue weighted by Gasteiger charge is 2.24. The summed E-state index contributed by atoms with van der Waals surface area (Å²) in [5, 5.41) is 11.4. The number of nitrogens with zero attached hydrogens (tertiary/aromatic N) is 4. The molecule has 1 aromatic heterocycles. The monoisotopic (exact) mass is 400 g/mol. The van der Waals surface area contributed by atoms with Crippen LogP contribution < -0.4 is 20.1 Å². The van der Waals surface area contributed by atoms with Crippen LogP contribution >= 0.6 is 0 Å². The van der Waals surface area contributed by atoms with E-state index in [1.807, 2.05) is 24.6 Å². The van der Waals surface area contributed by atoms with Gasteiger partial charge in [0.25, 0.3) is 0 Å². The van der Waals surface area contributed by atoms with Crippen molar-refractivity contribution in [1.82, 2.24) is 25.4 Å². The zero-order valence-electron chi connectivity index (χ0n) is 17.9. The average Bonchev–Trinajstić information content (AvgIpc) is 3.11. The molecule has 1 unspecified atom stereocenters. The second-order valence-corrected chi connectivity index (χ2v) is 7.10. The molecule has 0 fully saturated rings. The predicted octanol–water partition coefficient (Wildman–Crippen LogP) is 2.63. The van der Waals surface area contributed by atoms with Crippen LogP contribution in [0.5, 0.6) is 11.5 Å². The van der Waals surface area contributed by atoms with E-state index < -0.39 is 0 Å². The molecule has 0 spiro atoms. The van der Waals surface area contributed by atoms with Crippen LogP contribution in [0.15, 0.2) is 23.2 Å². The zero-order chi connectivity index (χ0) is 20.6. The van der Waals surface area contributed by atoms with Gasteiger partial charge in [0.1, 0.15) is 11.6 Å². The molecule has 2 N–H and O–H groups in total. The smallest absolute Gasteiger partial charge is 0.191 e. The second-order valence-electron chi connectivity index (χ2n) is 7.10. The van der Waals surface area contributed by atoms with Crippen molar-refractivity contribution < 1.29 is 9.47 Å². The van der Waals surface area contributed by atoms with Crippen LogP contribution in [0, 0.1) is 6.92 Å². The number of ether oxygens (including phenoxy) is 2. The number of rotatable bonds is 8. The van der Waals surface area contributed by atoms with Gasteiger partial charge >= 0.3 is 0 Å². The minimum absolute atomic E-state index is 0.145. The molecule has 0 amide bonds. The van der Waals surface area contributed by atoms with Crippen LogP contribution in [-0.2, 0) is 13.0 Å². The van der Waals surface area contributed by atoms with E-state index in [4.69, 9.17) is 9.47 Å². The maximum atomic E-state index is 5.66. The van der Waals surface area contributed by atoms with Crippen LogP contribution in [0.4, 0.5) is 0 Å². The Morgan fingerprint density at radius 1 is 1.34 bits per heavy atom. The van der Waals surface area contributed by atoms with Gasteiger partial charge in [0, 0.05) is 20.1 Å². The molecule has 3 rings (SSSR count). The normalized spacial score (nSPS) is 16.3. The lowest BCUT2D eigenvalue weighted by Gasteiger charge is -2.25. The first-order valence-corrected chi connectivity index (χ1v) is 10.3. The zero-order valence-corrected chi connectivity index (χ0v) is 17.9. The number of aromatic nitrogens is 3. The fourth-order valence-electron chi connectivity index (χ4n) is 3.61. The lowest BCUT2D eigenvalue weighted by Crippen LogP contribution is -2.41. The molecule has 29 heavy (non-hydrogen) atoms. The summed E-state index contributed by atoms with van der Waals surface area (Å²) in [6.07, 6.45) is 4.05. The first-order chi connectivity index (χ1) is 14.1. The third-order valence-corrected chi connectivity index (χ3v) is 4.98. The van der Waals surface area contributed by atoms with Crippen molar-refractivity contribution >= 4 is 5.96 Å². The summed E-state index contributed by atoms with van der Waals surface area (Å²) in [5.41, 5.74) is 1.23. The van der Waals surface area contributed by atoms with Gasteiger partial charge in [-0.1, -0.05) is 6.07 Å². The number of fused-ring (bicyclic) bond motifs is 1. The quantitative estimate of drug-likeness (QED) is 0.403. The fourth-order valence-corrected chi connectivity index (χ4v) is 3.61. The van der Waals surface area contributed by atoms with E-state index in [1.54, 1.807) is 14.2 Å². The molecule has 0 saturated carbocycles. The average molecular weight is 401 g/mol. The van der Waals surface area contributed by atoms with Crippen molar-refractivity contribution in [3.05, 3.63) is 35.4 Å². The fraction of sp³-hybridized carbons (Fsp3) is 0.571. The molecule has 0 saturated heterocycles. The van der Waals surface area contributed by atoms with E-state index in [2.05, 4.69) is 37.8 Å².